The number of halogens is 1. The minimum Gasteiger partial charge on any atom is -0.506 e. The molecule has 4 nitrogen and oxygen atoms in total. The number of hydrogen-bond acceptors (Lipinski definition) is 4. The number of rotatable bonds is 2. The van der Waals surface area contributed by atoms with Crippen molar-refractivity contribution in [3.05, 3.63) is 59.6 Å². The van der Waals surface area contributed by atoms with Crippen molar-refractivity contribution in [2.24, 2.45) is 10.2 Å². The Kier molecular flexibility index (Phi) is 3.46. The Morgan fingerprint density at radius 3 is 2.43 bits per heavy atom. The first-order valence-electron chi connectivity index (χ1n) is 6.26. The molecular formula is C16H11ClN2O2. The van der Waals surface area contributed by atoms with Crippen LogP contribution in [0.5, 0.6) is 11.5 Å². The highest BCUT2D eigenvalue weighted by Gasteiger charge is 2.07. The molecule has 0 fully saturated rings. The number of nitrogens with zero attached hydrogens (tertiary/aromatic N) is 2. The molecule has 3 aromatic carbocycles. The fourth-order valence-electron chi connectivity index (χ4n) is 2.03. The fraction of sp³-hybridized carbons (Fsp3) is 0. The highest BCUT2D eigenvalue weighted by Crippen LogP contribution is 2.37. The molecule has 0 aliphatic heterocycles. The zero-order valence-electron chi connectivity index (χ0n) is 10.9. The third-order valence-corrected chi connectivity index (χ3v) is 3.31. The van der Waals surface area contributed by atoms with Crippen molar-refractivity contribution in [1.82, 2.24) is 0 Å². The molecule has 0 bridgehead atoms. The summed E-state index contributed by atoms with van der Waals surface area (Å²) in [5.74, 6) is 0.00171. The predicted octanol–water partition coefficient (Wildman–Crippen LogP) is 5.32. The second kappa shape index (κ2) is 5.42. The molecule has 0 heterocycles. The first-order chi connectivity index (χ1) is 10.1. The molecule has 0 saturated heterocycles. The summed E-state index contributed by atoms with van der Waals surface area (Å²) in [4.78, 5) is 0. The van der Waals surface area contributed by atoms with Gasteiger partial charge in [0, 0.05) is 10.4 Å². The second-order valence-corrected chi connectivity index (χ2v) is 4.92. The summed E-state index contributed by atoms with van der Waals surface area (Å²) in [6.07, 6.45) is 0. The average Bonchev–Trinajstić information content (AvgIpc) is 2.49. The van der Waals surface area contributed by atoms with Gasteiger partial charge in [0.2, 0.25) is 0 Å². The monoisotopic (exact) mass is 298 g/mol. The molecule has 0 atom stereocenters. The topological polar surface area (TPSA) is 65.2 Å². The number of phenolic OH excluding ortho intramolecular Hbond substituents is 2. The second-order valence-electron chi connectivity index (χ2n) is 4.49. The standard InChI is InChI=1S/C16H11ClN2O2/c17-11-6-8-14(20)13(9-11)18-19-16-12-4-2-1-3-10(12)5-7-15(16)21/h1-9,20-21H. The Morgan fingerprint density at radius 1 is 0.810 bits per heavy atom. The van der Waals surface area contributed by atoms with E-state index in [0.29, 0.717) is 10.7 Å². The molecule has 0 amide bonds. The number of fused-ring (bicyclic) bond motifs is 1. The van der Waals surface area contributed by atoms with Crippen LogP contribution in [0, 0.1) is 0 Å². The molecule has 5 heteroatoms. The number of hydrogen-bond donors (Lipinski definition) is 2. The molecule has 21 heavy (non-hydrogen) atoms. The van der Waals surface area contributed by atoms with Gasteiger partial charge >= 0.3 is 0 Å². The van der Waals surface area contributed by atoms with Gasteiger partial charge in [-0.15, -0.1) is 10.2 Å². The maximum absolute atomic E-state index is 9.97. The molecule has 0 spiro atoms. The molecule has 0 aromatic heterocycles. The summed E-state index contributed by atoms with van der Waals surface area (Å²) in [5.41, 5.74) is 0.599. The normalized spacial score (nSPS) is 11.3. The van der Waals surface area contributed by atoms with Crippen molar-refractivity contribution in [2.45, 2.75) is 0 Å². The molecule has 3 rings (SSSR count). The number of phenols is 2. The van der Waals surface area contributed by atoms with Crippen LogP contribution in [-0.4, -0.2) is 10.2 Å². The minimum absolute atomic E-state index is 0.0251. The van der Waals surface area contributed by atoms with Crippen LogP contribution in [0.4, 0.5) is 11.4 Å². The minimum atomic E-state index is -0.0251. The van der Waals surface area contributed by atoms with Gasteiger partial charge in [-0.2, -0.15) is 0 Å². The maximum Gasteiger partial charge on any atom is 0.143 e. The fourth-order valence-corrected chi connectivity index (χ4v) is 2.20. The van der Waals surface area contributed by atoms with Gasteiger partial charge in [-0.05, 0) is 29.7 Å². The first-order valence-corrected chi connectivity index (χ1v) is 6.64. The summed E-state index contributed by atoms with van der Waals surface area (Å²) in [6, 6.07) is 15.4. The highest BCUT2D eigenvalue weighted by atomic mass is 35.5. The summed E-state index contributed by atoms with van der Waals surface area (Å²) < 4.78 is 0. The maximum atomic E-state index is 9.97. The van der Waals surface area contributed by atoms with Crippen molar-refractivity contribution in [3.63, 3.8) is 0 Å². The van der Waals surface area contributed by atoms with Crippen molar-refractivity contribution >= 4 is 33.7 Å². The van der Waals surface area contributed by atoms with E-state index in [4.69, 9.17) is 11.6 Å². The Labute approximate surface area is 126 Å². The van der Waals surface area contributed by atoms with Gasteiger partial charge in [0.15, 0.2) is 0 Å². The van der Waals surface area contributed by atoms with E-state index in [9.17, 15) is 10.2 Å². The van der Waals surface area contributed by atoms with E-state index in [1.165, 1.54) is 12.1 Å². The molecule has 0 aliphatic carbocycles. The van der Waals surface area contributed by atoms with Gasteiger partial charge < -0.3 is 10.2 Å². The van der Waals surface area contributed by atoms with Gasteiger partial charge in [-0.25, -0.2) is 0 Å². The third-order valence-electron chi connectivity index (χ3n) is 3.07. The summed E-state index contributed by atoms with van der Waals surface area (Å²) in [7, 11) is 0. The quantitative estimate of drug-likeness (QED) is 0.629. The Hall–Kier alpha value is -2.59. The van der Waals surface area contributed by atoms with Crippen LogP contribution in [-0.2, 0) is 0 Å². The van der Waals surface area contributed by atoms with E-state index in [0.717, 1.165) is 10.8 Å². The predicted molar refractivity (Wildman–Crippen MR) is 82.9 cm³/mol. The lowest BCUT2D eigenvalue weighted by Crippen LogP contribution is -1.75. The van der Waals surface area contributed by atoms with Crippen LogP contribution in [0.25, 0.3) is 10.8 Å². The van der Waals surface area contributed by atoms with Gasteiger partial charge in [0.1, 0.15) is 22.9 Å². The lowest BCUT2D eigenvalue weighted by molar-refractivity contribution is 0.474. The highest BCUT2D eigenvalue weighted by molar-refractivity contribution is 6.30. The molecular weight excluding hydrogens is 288 g/mol. The Morgan fingerprint density at radius 2 is 1.57 bits per heavy atom. The van der Waals surface area contributed by atoms with Crippen LogP contribution in [0.3, 0.4) is 0 Å². The largest absolute Gasteiger partial charge is 0.506 e. The number of azo groups is 1. The van der Waals surface area contributed by atoms with Crippen LogP contribution < -0.4 is 0 Å². The van der Waals surface area contributed by atoms with Gasteiger partial charge in [0.05, 0.1) is 0 Å². The molecule has 0 saturated carbocycles. The van der Waals surface area contributed by atoms with Crippen molar-refractivity contribution in [2.75, 3.05) is 0 Å². The van der Waals surface area contributed by atoms with Crippen molar-refractivity contribution in [1.29, 1.82) is 0 Å². The smallest absolute Gasteiger partial charge is 0.143 e. The molecule has 104 valence electrons. The van der Waals surface area contributed by atoms with E-state index in [1.54, 1.807) is 18.2 Å². The van der Waals surface area contributed by atoms with Crippen molar-refractivity contribution in [3.8, 4) is 11.5 Å². The SMILES string of the molecule is Oc1ccc(Cl)cc1N=Nc1c(O)ccc2ccccc12. The van der Waals surface area contributed by atoms with Crippen LogP contribution >= 0.6 is 11.6 Å². The Balaban J connectivity index is 2.11. The first kappa shape index (κ1) is 13.4. The van der Waals surface area contributed by atoms with Crippen LogP contribution in [0.1, 0.15) is 0 Å². The van der Waals surface area contributed by atoms with Gasteiger partial charge in [-0.1, -0.05) is 41.9 Å². The van der Waals surface area contributed by atoms with E-state index >= 15 is 0 Å². The average molecular weight is 299 g/mol. The van der Waals surface area contributed by atoms with E-state index in [-0.39, 0.29) is 17.2 Å². The van der Waals surface area contributed by atoms with E-state index in [2.05, 4.69) is 10.2 Å². The molecule has 2 N–H and O–H groups in total. The number of aromatic hydroxyl groups is 2. The zero-order valence-corrected chi connectivity index (χ0v) is 11.6. The number of benzene rings is 3. The zero-order chi connectivity index (χ0) is 14.8. The van der Waals surface area contributed by atoms with Crippen LogP contribution in [0.2, 0.25) is 5.02 Å². The lowest BCUT2D eigenvalue weighted by Gasteiger charge is -2.04. The lowest BCUT2D eigenvalue weighted by atomic mass is 10.1. The molecule has 0 aliphatic rings. The Bertz CT molecular complexity index is 847. The summed E-state index contributed by atoms with van der Waals surface area (Å²) in [5, 5.41) is 29.9. The molecule has 0 unspecified atom stereocenters. The van der Waals surface area contributed by atoms with Crippen molar-refractivity contribution < 1.29 is 10.2 Å². The van der Waals surface area contributed by atoms with Crippen LogP contribution in [0.15, 0.2) is 64.8 Å². The van der Waals surface area contributed by atoms with Gasteiger partial charge in [-0.3, -0.25) is 0 Å². The van der Waals surface area contributed by atoms with E-state index in [1.807, 2.05) is 24.3 Å². The molecule has 0 radical (unpaired) electrons. The summed E-state index contributed by atoms with van der Waals surface area (Å²) in [6.45, 7) is 0. The summed E-state index contributed by atoms with van der Waals surface area (Å²) >= 11 is 5.86. The third kappa shape index (κ3) is 2.66. The molecule has 3 aromatic rings. The van der Waals surface area contributed by atoms with Gasteiger partial charge in [0.25, 0.3) is 0 Å². The van der Waals surface area contributed by atoms with E-state index < -0.39 is 0 Å².